The van der Waals surface area contributed by atoms with Crippen molar-refractivity contribution in [3.05, 3.63) is 72.2 Å². The molecule has 1 aliphatic carbocycles. The van der Waals surface area contributed by atoms with Gasteiger partial charge in [0.25, 0.3) is 5.91 Å². The molecule has 0 bridgehead atoms. The molecule has 180 valence electrons. The van der Waals surface area contributed by atoms with Crippen LogP contribution < -0.4 is 15.5 Å². The van der Waals surface area contributed by atoms with Crippen molar-refractivity contribution < 1.29 is 14.3 Å². The topological polar surface area (TPSA) is 96.5 Å². The highest BCUT2D eigenvalue weighted by atomic mass is 16.5. The summed E-state index contributed by atoms with van der Waals surface area (Å²) in [5.74, 6) is 1.11. The maximum atomic E-state index is 12.8. The maximum absolute atomic E-state index is 12.8. The fourth-order valence-corrected chi connectivity index (χ4v) is 4.02. The average molecular weight is 472 g/mol. The van der Waals surface area contributed by atoms with Crippen LogP contribution in [-0.4, -0.2) is 54.6 Å². The Morgan fingerprint density at radius 1 is 1.00 bits per heavy atom. The summed E-state index contributed by atoms with van der Waals surface area (Å²) in [6.07, 6.45) is 5.98. The third-order valence-corrected chi connectivity index (χ3v) is 6.25. The van der Waals surface area contributed by atoms with E-state index in [1.165, 1.54) is 19.0 Å². The van der Waals surface area contributed by atoms with E-state index in [2.05, 4.69) is 25.5 Å². The first-order valence-electron chi connectivity index (χ1n) is 12.1. The average Bonchev–Trinajstić information content (AvgIpc) is 3.73. The third-order valence-electron chi connectivity index (χ3n) is 6.25. The van der Waals surface area contributed by atoms with Crippen LogP contribution in [0.3, 0.4) is 0 Å². The van der Waals surface area contributed by atoms with Gasteiger partial charge in [-0.05, 0) is 47.6 Å². The quantitative estimate of drug-likeness (QED) is 0.523. The number of nitrogens with zero attached hydrogens (tertiary/aromatic N) is 3. The Morgan fingerprint density at radius 3 is 2.57 bits per heavy atom. The SMILES string of the molecule is O=C(Cc1ccc(-c2cccc(NC(=O)c3cncc(N4CCOCC4)n3)c2)cc1)NCC1CC1. The summed E-state index contributed by atoms with van der Waals surface area (Å²) in [6.45, 7) is 3.52. The number of hydrogen-bond acceptors (Lipinski definition) is 6. The van der Waals surface area contributed by atoms with Crippen molar-refractivity contribution in [2.75, 3.05) is 43.1 Å². The zero-order valence-corrected chi connectivity index (χ0v) is 19.6. The molecule has 2 heterocycles. The minimum atomic E-state index is -0.308. The van der Waals surface area contributed by atoms with Gasteiger partial charge >= 0.3 is 0 Å². The van der Waals surface area contributed by atoms with Crippen LogP contribution in [0, 0.1) is 5.92 Å². The molecule has 1 saturated carbocycles. The lowest BCUT2D eigenvalue weighted by Crippen LogP contribution is -2.37. The van der Waals surface area contributed by atoms with E-state index in [0.717, 1.165) is 36.3 Å². The molecule has 3 aromatic rings. The summed E-state index contributed by atoms with van der Waals surface area (Å²) >= 11 is 0. The van der Waals surface area contributed by atoms with Crippen LogP contribution in [0.5, 0.6) is 0 Å². The van der Waals surface area contributed by atoms with Crippen LogP contribution in [0.2, 0.25) is 0 Å². The summed E-state index contributed by atoms with van der Waals surface area (Å²) in [4.78, 5) is 35.7. The normalized spacial score (nSPS) is 15.5. The number of benzene rings is 2. The fourth-order valence-electron chi connectivity index (χ4n) is 4.02. The van der Waals surface area contributed by atoms with Gasteiger partial charge in [0.1, 0.15) is 11.5 Å². The Hall–Kier alpha value is -3.78. The number of carbonyl (C=O) groups is 2. The number of rotatable bonds is 8. The van der Waals surface area contributed by atoms with Gasteiger partial charge < -0.3 is 20.3 Å². The Bertz CT molecular complexity index is 1190. The summed E-state index contributed by atoms with van der Waals surface area (Å²) < 4.78 is 5.38. The molecular formula is C27H29N5O3. The highest BCUT2D eigenvalue weighted by Crippen LogP contribution is 2.27. The van der Waals surface area contributed by atoms with Crippen molar-refractivity contribution in [2.24, 2.45) is 5.92 Å². The number of amides is 2. The van der Waals surface area contributed by atoms with Crippen molar-refractivity contribution in [1.82, 2.24) is 15.3 Å². The van der Waals surface area contributed by atoms with E-state index in [-0.39, 0.29) is 17.5 Å². The summed E-state index contributed by atoms with van der Waals surface area (Å²) in [6, 6.07) is 15.6. The molecule has 1 aromatic heterocycles. The van der Waals surface area contributed by atoms with Gasteiger partial charge in [0.2, 0.25) is 5.91 Å². The van der Waals surface area contributed by atoms with E-state index >= 15 is 0 Å². The second-order valence-corrected chi connectivity index (χ2v) is 9.02. The molecule has 2 amide bonds. The van der Waals surface area contributed by atoms with Crippen molar-refractivity contribution in [2.45, 2.75) is 19.3 Å². The lowest BCUT2D eigenvalue weighted by Gasteiger charge is -2.27. The van der Waals surface area contributed by atoms with Crippen LogP contribution in [-0.2, 0) is 16.0 Å². The zero-order chi connectivity index (χ0) is 24.0. The van der Waals surface area contributed by atoms with E-state index in [1.54, 1.807) is 6.20 Å². The molecule has 0 radical (unpaired) electrons. The van der Waals surface area contributed by atoms with Gasteiger partial charge in [-0.2, -0.15) is 0 Å². The molecule has 0 atom stereocenters. The second kappa shape index (κ2) is 10.7. The van der Waals surface area contributed by atoms with E-state index in [0.29, 0.717) is 37.1 Å². The smallest absolute Gasteiger partial charge is 0.275 e. The van der Waals surface area contributed by atoms with E-state index < -0.39 is 0 Å². The van der Waals surface area contributed by atoms with Gasteiger partial charge in [-0.1, -0.05) is 36.4 Å². The number of hydrogen-bond donors (Lipinski definition) is 2. The summed E-state index contributed by atoms with van der Waals surface area (Å²) in [5, 5.41) is 5.93. The standard InChI is InChI=1S/C27H29N5O3/c33-26(29-16-20-4-5-20)14-19-6-8-21(9-7-19)22-2-1-3-23(15-22)30-27(34)24-17-28-18-25(31-24)32-10-12-35-13-11-32/h1-3,6-9,15,17-18,20H,4-5,10-14,16H2,(H,29,33)(H,30,34). The van der Waals surface area contributed by atoms with E-state index in [9.17, 15) is 9.59 Å². The predicted molar refractivity (Wildman–Crippen MR) is 134 cm³/mol. The zero-order valence-electron chi connectivity index (χ0n) is 19.6. The van der Waals surface area contributed by atoms with Crippen LogP contribution in [0.4, 0.5) is 11.5 Å². The molecule has 0 unspecified atom stereocenters. The monoisotopic (exact) mass is 471 g/mol. The molecule has 2 aromatic carbocycles. The number of morpholine rings is 1. The molecule has 5 rings (SSSR count). The number of nitrogens with one attached hydrogen (secondary N) is 2. The van der Waals surface area contributed by atoms with Gasteiger partial charge in [-0.3, -0.25) is 14.6 Å². The molecule has 2 aliphatic rings. The Balaban J connectivity index is 1.22. The lowest BCUT2D eigenvalue weighted by atomic mass is 10.0. The number of ether oxygens (including phenoxy) is 1. The lowest BCUT2D eigenvalue weighted by molar-refractivity contribution is -0.120. The minimum Gasteiger partial charge on any atom is -0.378 e. The predicted octanol–water partition coefficient (Wildman–Crippen LogP) is 3.30. The first-order chi connectivity index (χ1) is 17.1. The number of aromatic nitrogens is 2. The fraction of sp³-hybridized carbons (Fsp3) is 0.333. The number of anilines is 2. The molecule has 35 heavy (non-hydrogen) atoms. The molecule has 2 N–H and O–H groups in total. The first-order valence-corrected chi connectivity index (χ1v) is 12.1. The van der Waals surface area contributed by atoms with Gasteiger partial charge in [-0.25, -0.2) is 4.98 Å². The van der Waals surface area contributed by atoms with Crippen molar-refractivity contribution >= 4 is 23.3 Å². The molecule has 8 nitrogen and oxygen atoms in total. The van der Waals surface area contributed by atoms with Crippen LogP contribution in [0.1, 0.15) is 28.9 Å². The number of carbonyl (C=O) groups excluding carboxylic acids is 2. The Kier molecular flexibility index (Phi) is 6.99. The maximum Gasteiger partial charge on any atom is 0.275 e. The highest BCUT2D eigenvalue weighted by Gasteiger charge is 2.21. The summed E-state index contributed by atoms with van der Waals surface area (Å²) in [7, 11) is 0. The molecule has 2 fully saturated rings. The van der Waals surface area contributed by atoms with Crippen molar-refractivity contribution in [3.8, 4) is 11.1 Å². The third kappa shape index (κ3) is 6.22. The minimum absolute atomic E-state index is 0.0650. The molecule has 0 spiro atoms. The molecule has 1 saturated heterocycles. The van der Waals surface area contributed by atoms with E-state index in [1.807, 2.05) is 48.5 Å². The Labute approximate surface area is 204 Å². The molecular weight excluding hydrogens is 442 g/mol. The van der Waals surface area contributed by atoms with Gasteiger partial charge in [0.15, 0.2) is 0 Å². The molecule has 8 heteroatoms. The van der Waals surface area contributed by atoms with Gasteiger partial charge in [0.05, 0.1) is 32.0 Å². The van der Waals surface area contributed by atoms with E-state index in [4.69, 9.17) is 4.74 Å². The first kappa shape index (κ1) is 23.0. The van der Waals surface area contributed by atoms with Crippen molar-refractivity contribution in [3.63, 3.8) is 0 Å². The second-order valence-electron chi connectivity index (χ2n) is 9.02. The van der Waals surface area contributed by atoms with Crippen molar-refractivity contribution in [1.29, 1.82) is 0 Å². The Morgan fingerprint density at radius 2 is 1.80 bits per heavy atom. The molecule has 1 aliphatic heterocycles. The van der Waals surface area contributed by atoms with Gasteiger partial charge in [0, 0.05) is 25.3 Å². The summed E-state index contributed by atoms with van der Waals surface area (Å²) in [5.41, 5.74) is 3.90. The largest absolute Gasteiger partial charge is 0.378 e. The van der Waals surface area contributed by atoms with Gasteiger partial charge in [-0.15, -0.1) is 0 Å². The van der Waals surface area contributed by atoms with Crippen LogP contribution in [0.15, 0.2) is 60.9 Å². The van der Waals surface area contributed by atoms with Crippen LogP contribution >= 0.6 is 0 Å². The highest BCUT2D eigenvalue weighted by molar-refractivity contribution is 6.03. The van der Waals surface area contributed by atoms with Crippen LogP contribution in [0.25, 0.3) is 11.1 Å².